The van der Waals surface area contributed by atoms with Crippen molar-refractivity contribution in [1.29, 1.82) is 0 Å². The summed E-state index contributed by atoms with van der Waals surface area (Å²) in [5.74, 6) is -2.18. The van der Waals surface area contributed by atoms with Crippen LogP contribution in [0.25, 0.3) is 0 Å². The van der Waals surface area contributed by atoms with E-state index in [1.165, 1.54) is 0 Å². The van der Waals surface area contributed by atoms with Gasteiger partial charge in [-0.05, 0) is 70.6 Å². The molecule has 0 unspecified atom stereocenters. The monoisotopic (exact) mass is 672 g/mol. The fourth-order valence-electron chi connectivity index (χ4n) is 7.76. The highest BCUT2D eigenvalue weighted by molar-refractivity contribution is 6.36. The topological polar surface area (TPSA) is 75.7 Å². The molecule has 8 heteroatoms. The quantitative estimate of drug-likeness (QED) is 0.141. The smallest absolute Gasteiger partial charge is 0.248 e. The van der Waals surface area contributed by atoms with Crippen LogP contribution in [0.2, 0.25) is 0 Å². The predicted molar refractivity (Wildman–Crippen MR) is 185 cm³/mol. The Morgan fingerprint density at radius 1 is 0.708 bits per heavy atom. The van der Waals surface area contributed by atoms with Crippen LogP contribution in [-0.4, -0.2) is 28.7 Å². The minimum atomic E-state index is -1.34. The van der Waals surface area contributed by atoms with E-state index < -0.39 is 45.3 Å². The SMILES string of the molecule is Cc1ccccc1Oc1ccc(NC(=O)[C@H](Cc2ccccc2)N2C(=O)[C@@H]3[C@@H](C2=O)C2(Cl)c4ccccc4C3(Cl)c3ccccc32)cc1. The third-order valence-electron chi connectivity index (χ3n) is 9.95. The van der Waals surface area contributed by atoms with Crippen LogP contribution < -0.4 is 10.1 Å². The lowest BCUT2D eigenvalue weighted by Gasteiger charge is -2.54. The molecule has 1 aliphatic heterocycles. The fraction of sp³-hybridized carbons (Fsp3) is 0.175. The van der Waals surface area contributed by atoms with Gasteiger partial charge in [-0.25, -0.2) is 0 Å². The molecule has 1 saturated heterocycles. The second-order valence-electron chi connectivity index (χ2n) is 12.6. The molecule has 5 aromatic rings. The average molecular weight is 674 g/mol. The summed E-state index contributed by atoms with van der Waals surface area (Å²) in [4.78, 5) is 42.1. The number of amides is 3. The van der Waals surface area contributed by atoms with Crippen molar-refractivity contribution in [3.63, 3.8) is 0 Å². The van der Waals surface area contributed by atoms with E-state index >= 15 is 0 Å². The van der Waals surface area contributed by atoms with Crippen LogP contribution in [-0.2, 0) is 30.6 Å². The summed E-state index contributed by atoms with van der Waals surface area (Å²) in [6.45, 7) is 1.97. The number of ether oxygens (including phenoxy) is 1. The summed E-state index contributed by atoms with van der Waals surface area (Å²) in [6.07, 6.45) is 0.114. The zero-order valence-corrected chi connectivity index (χ0v) is 27.4. The van der Waals surface area contributed by atoms with Crippen molar-refractivity contribution < 1.29 is 19.1 Å². The van der Waals surface area contributed by atoms with E-state index in [0.29, 0.717) is 33.7 Å². The van der Waals surface area contributed by atoms with Crippen molar-refractivity contribution in [1.82, 2.24) is 4.90 Å². The van der Waals surface area contributed by atoms with Crippen molar-refractivity contribution in [2.75, 3.05) is 5.32 Å². The van der Waals surface area contributed by atoms with E-state index in [0.717, 1.165) is 21.8 Å². The van der Waals surface area contributed by atoms with Crippen molar-refractivity contribution in [2.24, 2.45) is 11.8 Å². The van der Waals surface area contributed by atoms with Crippen LogP contribution in [0, 0.1) is 18.8 Å². The molecule has 5 aromatic carbocycles. The molecule has 4 aliphatic rings. The number of rotatable bonds is 7. The number of anilines is 1. The molecule has 0 spiro atoms. The number of hydrogen-bond donors (Lipinski definition) is 1. The summed E-state index contributed by atoms with van der Waals surface area (Å²) < 4.78 is 6.02. The molecule has 0 saturated carbocycles. The molecule has 2 bridgehead atoms. The second kappa shape index (κ2) is 11.4. The normalized spacial score (nSPS) is 24.0. The number of alkyl halides is 2. The third kappa shape index (κ3) is 4.43. The number of nitrogens with one attached hydrogen (secondary N) is 1. The van der Waals surface area contributed by atoms with Gasteiger partial charge in [-0.15, -0.1) is 23.2 Å². The Bertz CT molecular complexity index is 1980. The first-order valence-corrected chi connectivity index (χ1v) is 16.6. The van der Waals surface area contributed by atoms with Gasteiger partial charge < -0.3 is 10.1 Å². The molecular weight excluding hydrogens is 643 g/mol. The van der Waals surface area contributed by atoms with Gasteiger partial charge in [0.25, 0.3) is 0 Å². The minimum Gasteiger partial charge on any atom is -0.457 e. The van der Waals surface area contributed by atoms with E-state index in [9.17, 15) is 14.4 Å². The highest BCUT2D eigenvalue weighted by Gasteiger charge is 2.73. The van der Waals surface area contributed by atoms with Gasteiger partial charge in [-0.3, -0.25) is 19.3 Å². The number of halogens is 2. The van der Waals surface area contributed by atoms with Crippen molar-refractivity contribution in [3.05, 3.63) is 161 Å². The number of imide groups is 1. The van der Waals surface area contributed by atoms with Gasteiger partial charge in [-0.1, -0.05) is 97.1 Å². The lowest BCUT2D eigenvalue weighted by Crippen LogP contribution is -2.57. The Morgan fingerprint density at radius 2 is 1.19 bits per heavy atom. The number of likely N-dealkylation sites (tertiary alicyclic amines) is 1. The molecule has 3 atom stereocenters. The second-order valence-corrected chi connectivity index (χ2v) is 13.8. The molecule has 3 aliphatic carbocycles. The zero-order valence-electron chi connectivity index (χ0n) is 25.9. The van der Waals surface area contributed by atoms with Gasteiger partial charge >= 0.3 is 0 Å². The molecule has 9 rings (SSSR count). The zero-order chi connectivity index (χ0) is 33.2. The number of carbonyl (C=O) groups excluding carboxylic acids is 3. The fourth-order valence-corrected chi connectivity index (χ4v) is 8.86. The summed E-state index contributed by atoms with van der Waals surface area (Å²) in [5, 5.41) is 2.95. The summed E-state index contributed by atoms with van der Waals surface area (Å²) in [5.41, 5.74) is 5.13. The highest BCUT2D eigenvalue weighted by Crippen LogP contribution is 2.69. The first kappa shape index (κ1) is 30.4. The Kier molecular flexibility index (Phi) is 7.20. The lowest BCUT2D eigenvalue weighted by molar-refractivity contribution is -0.146. The van der Waals surface area contributed by atoms with Crippen molar-refractivity contribution in [2.45, 2.75) is 29.1 Å². The molecule has 6 nitrogen and oxygen atoms in total. The van der Waals surface area contributed by atoms with Gasteiger partial charge in [-0.2, -0.15) is 0 Å². The van der Waals surface area contributed by atoms with Gasteiger partial charge in [0, 0.05) is 12.1 Å². The number of hydrogen-bond acceptors (Lipinski definition) is 4. The average Bonchev–Trinajstić information content (AvgIpc) is 3.38. The maximum Gasteiger partial charge on any atom is 0.248 e. The van der Waals surface area contributed by atoms with E-state index in [1.807, 2.05) is 110 Å². The molecule has 3 amide bonds. The largest absolute Gasteiger partial charge is 0.457 e. The van der Waals surface area contributed by atoms with Crippen LogP contribution in [0.1, 0.15) is 33.4 Å². The predicted octanol–water partition coefficient (Wildman–Crippen LogP) is 7.93. The third-order valence-corrected chi connectivity index (χ3v) is 11.2. The number of carbonyl (C=O) groups is 3. The van der Waals surface area contributed by atoms with Gasteiger partial charge in [0.2, 0.25) is 17.7 Å². The van der Waals surface area contributed by atoms with Crippen molar-refractivity contribution >= 4 is 46.6 Å². The summed E-state index contributed by atoms with van der Waals surface area (Å²) in [7, 11) is 0. The summed E-state index contributed by atoms with van der Waals surface area (Å²) in [6, 6.07) is 37.9. The van der Waals surface area contributed by atoms with E-state index in [4.69, 9.17) is 27.9 Å². The van der Waals surface area contributed by atoms with E-state index in [1.54, 1.807) is 24.3 Å². The first-order chi connectivity index (χ1) is 23.2. The Morgan fingerprint density at radius 3 is 1.71 bits per heavy atom. The molecule has 1 heterocycles. The molecule has 1 fully saturated rings. The van der Waals surface area contributed by atoms with Crippen LogP contribution in [0.3, 0.4) is 0 Å². The van der Waals surface area contributed by atoms with Gasteiger partial charge in [0.1, 0.15) is 27.3 Å². The maximum atomic E-state index is 14.7. The molecular formula is C40H30Cl2N2O4. The molecule has 0 aromatic heterocycles. The molecule has 1 N–H and O–H groups in total. The van der Waals surface area contributed by atoms with Crippen LogP contribution >= 0.6 is 23.2 Å². The number of aryl methyl sites for hydroxylation is 1. The van der Waals surface area contributed by atoms with Crippen LogP contribution in [0.5, 0.6) is 11.5 Å². The first-order valence-electron chi connectivity index (χ1n) is 15.9. The maximum absolute atomic E-state index is 14.7. The van der Waals surface area contributed by atoms with Gasteiger partial charge in [0.05, 0.1) is 11.8 Å². The highest BCUT2D eigenvalue weighted by atomic mass is 35.5. The summed E-state index contributed by atoms with van der Waals surface area (Å²) >= 11 is 15.3. The van der Waals surface area contributed by atoms with Crippen LogP contribution in [0.4, 0.5) is 5.69 Å². The molecule has 0 radical (unpaired) electrons. The van der Waals surface area contributed by atoms with E-state index in [-0.39, 0.29) is 6.42 Å². The number of para-hydroxylation sites is 1. The van der Waals surface area contributed by atoms with Crippen molar-refractivity contribution in [3.8, 4) is 11.5 Å². The number of benzene rings is 5. The van der Waals surface area contributed by atoms with Crippen LogP contribution in [0.15, 0.2) is 127 Å². The Balaban J connectivity index is 1.16. The minimum absolute atomic E-state index is 0.114. The van der Waals surface area contributed by atoms with Gasteiger partial charge in [0.15, 0.2) is 0 Å². The Labute approximate surface area is 288 Å². The van der Waals surface area contributed by atoms with E-state index in [2.05, 4.69) is 5.32 Å². The molecule has 48 heavy (non-hydrogen) atoms. The standard InChI is InChI=1S/C40H30Cl2N2O4/c1-24-11-5-10-18-33(24)48-27-21-19-26(20-22-27)43-36(45)32(23-25-12-3-2-4-13-25)44-37(46)34-35(38(44)47)40(42)29-15-7-6-14-28(29)39(34,41)30-16-8-9-17-31(30)40/h2-22,32,34-35H,23H2,1H3,(H,43,45)/t32-,34-,35-,39?,40?/m0/s1. The lowest BCUT2D eigenvalue weighted by atomic mass is 9.54. The molecule has 238 valence electrons. The Hall–Kier alpha value is -4.91. The number of nitrogens with zero attached hydrogens (tertiary/aromatic N) is 1.